The molecule has 0 fully saturated rings. The number of benzene rings is 2. The lowest BCUT2D eigenvalue weighted by Crippen LogP contribution is -2.19. The van der Waals surface area contributed by atoms with Gasteiger partial charge in [0.05, 0.1) is 9.79 Å². The summed E-state index contributed by atoms with van der Waals surface area (Å²) in [7, 11) is -9.26. The van der Waals surface area contributed by atoms with E-state index < -0.39 is 20.2 Å². The van der Waals surface area contributed by atoms with Crippen LogP contribution in [-0.4, -0.2) is 16.8 Å². The molecule has 0 aliphatic heterocycles. The van der Waals surface area contributed by atoms with Crippen molar-refractivity contribution < 1.29 is 20.5 Å². The third-order valence-electron chi connectivity index (χ3n) is 6.88. The molecule has 0 N–H and O–H groups in total. The summed E-state index contributed by atoms with van der Waals surface area (Å²) in [4.78, 5) is -0.152. The van der Waals surface area contributed by atoms with E-state index in [1.54, 1.807) is 12.1 Å². The van der Waals surface area contributed by atoms with Gasteiger partial charge in [-0.2, -0.15) is 16.8 Å². The van der Waals surface area contributed by atoms with Crippen molar-refractivity contribution in [2.45, 2.75) is 128 Å². The first kappa shape index (κ1) is 31.5. The molecular formula is C30H46O5S2. The van der Waals surface area contributed by atoms with E-state index in [0.29, 0.717) is 11.1 Å². The number of hydrogen-bond donors (Lipinski definition) is 0. The Labute approximate surface area is 226 Å². The van der Waals surface area contributed by atoms with Crippen LogP contribution in [0.15, 0.2) is 34.1 Å². The zero-order valence-electron chi connectivity index (χ0n) is 24.6. The molecule has 0 amide bonds. The van der Waals surface area contributed by atoms with Crippen molar-refractivity contribution in [2.24, 2.45) is 0 Å². The van der Waals surface area contributed by atoms with Gasteiger partial charge in [0.15, 0.2) is 0 Å². The highest BCUT2D eigenvalue weighted by molar-refractivity contribution is 8.00. The first-order valence-corrected chi connectivity index (χ1v) is 16.2. The first-order chi connectivity index (χ1) is 16.8. The van der Waals surface area contributed by atoms with E-state index in [1.807, 2.05) is 67.5 Å². The third-order valence-corrected chi connectivity index (χ3v) is 10.1. The SMILES string of the molecule is CC(C)c1cc(C(C)C)c(S(=O)(=O)OS(=O)(=O)c2cc(C(C)C)c(C(C)C)cc2C(C)C)cc1C(C)C. The van der Waals surface area contributed by atoms with Gasteiger partial charge in [0.25, 0.3) is 0 Å². The molecule has 0 bridgehead atoms. The van der Waals surface area contributed by atoms with Gasteiger partial charge in [-0.15, -0.1) is 3.63 Å². The summed E-state index contributed by atoms with van der Waals surface area (Å²) in [6.07, 6.45) is 0. The Morgan fingerprint density at radius 1 is 0.405 bits per heavy atom. The molecule has 0 aliphatic carbocycles. The molecule has 0 aromatic heterocycles. The van der Waals surface area contributed by atoms with Gasteiger partial charge >= 0.3 is 20.2 Å². The van der Waals surface area contributed by atoms with Crippen molar-refractivity contribution in [3.63, 3.8) is 0 Å². The van der Waals surface area contributed by atoms with Crippen LogP contribution in [0.1, 0.15) is 152 Å². The normalized spacial score (nSPS) is 13.2. The molecule has 2 aromatic carbocycles. The Hall–Kier alpha value is -1.70. The molecule has 0 saturated heterocycles. The highest BCUT2D eigenvalue weighted by atomic mass is 32.3. The molecular weight excluding hydrogens is 504 g/mol. The van der Waals surface area contributed by atoms with Crippen molar-refractivity contribution in [1.82, 2.24) is 0 Å². The van der Waals surface area contributed by atoms with Crippen LogP contribution in [0.2, 0.25) is 0 Å². The smallest absolute Gasteiger partial charge is 0.193 e. The summed E-state index contributed by atoms with van der Waals surface area (Å²) >= 11 is 0. The zero-order valence-corrected chi connectivity index (χ0v) is 26.3. The molecule has 0 radical (unpaired) electrons. The highest BCUT2D eigenvalue weighted by Crippen LogP contribution is 2.38. The first-order valence-electron chi connectivity index (χ1n) is 13.4. The average Bonchev–Trinajstić information content (AvgIpc) is 2.75. The molecule has 2 aromatic rings. The van der Waals surface area contributed by atoms with Crippen LogP contribution in [0.3, 0.4) is 0 Å². The summed E-state index contributed by atoms with van der Waals surface area (Å²) < 4.78 is 59.9. The molecule has 0 unspecified atom stereocenters. The van der Waals surface area contributed by atoms with E-state index in [-0.39, 0.29) is 45.3 Å². The molecule has 2 rings (SSSR count). The Kier molecular flexibility index (Phi) is 9.87. The van der Waals surface area contributed by atoms with Crippen molar-refractivity contribution in [1.29, 1.82) is 0 Å². The van der Waals surface area contributed by atoms with Crippen molar-refractivity contribution in [2.75, 3.05) is 0 Å². The van der Waals surface area contributed by atoms with Gasteiger partial charge in [0.2, 0.25) is 0 Å². The van der Waals surface area contributed by atoms with Crippen LogP contribution < -0.4 is 0 Å². The van der Waals surface area contributed by atoms with Crippen LogP contribution in [-0.2, 0) is 23.9 Å². The summed E-state index contributed by atoms with van der Waals surface area (Å²) in [6.45, 7) is 23.9. The predicted octanol–water partition coefficient (Wildman–Crippen LogP) is 8.52. The second-order valence-corrected chi connectivity index (χ2v) is 15.2. The largest absolute Gasteiger partial charge is 0.312 e. The Morgan fingerprint density at radius 3 is 0.838 bits per heavy atom. The van der Waals surface area contributed by atoms with Gasteiger partial charge < -0.3 is 0 Å². The maximum atomic E-state index is 13.7. The van der Waals surface area contributed by atoms with Gasteiger partial charge in [-0.25, -0.2) is 0 Å². The molecule has 0 aliphatic rings. The third kappa shape index (κ3) is 6.85. The monoisotopic (exact) mass is 550 g/mol. The molecule has 5 nitrogen and oxygen atoms in total. The summed E-state index contributed by atoms with van der Waals surface area (Å²) in [5.41, 5.74) is 5.01. The quantitative estimate of drug-likeness (QED) is 0.296. The van der Waals surface area contributed by atoms with Crippen LogP contribution in [0.5, 0.6) is 0 Å². The standard InChI is InChI=1S/C30H46O5S2/c1-17(2)23-13-27(21(9)10)29(15-25(23)19(5)6)36(31,32)35-37(33,34)30-16-26(20(7)8)24(18(3)4)14-28(30)22(11)12/h13-22H,1-12H3. The van der Waals surface area contributed by atoms with Gasteiger partial charge in [0.1, 0.15) is 0 Å². The zero-order chi connectivity index (χ0) is 28.6. The van der Waals surface area contributed by atoms with Gasteiger partial charge in [-0.1, -0.05) is 95.2 Å². The number of rotatable bonds is 10. The van der Waals surface area contributed by atoms with Gasteiger partial charge in [-0.3, -0.25) is 0 Å². The minimum Gasteiger partial charge on any atom is -0.193 e. The summed E-state index contributed by atoms with van der Waals surface area (Å²) in [6, 6.07) is 7.04. The van der Waals surface area contributed by atoms with E-state index in [2.05, 4.69) is 27.7 Å². The molecule has 208 valence electrons. The molecule has 7 heteroatoms. The molecule has 0 spiro atoms. The summed E-state index contributed by atoms with van der Waals surface area (Å²) in [5, 5.41) is 0. The predicted molar refractivity (Wildman–Crippen MR) is 153 cm³/mol. The van der Waals surface area contributed by atoms with Crippen LogP contribution >= 0.6 is 0 Å². The van der Waals surface area contributed by atoms with Crippen molar-refractivity contribution in [3.8, 4) is 0 Å². The molecule has 0 atom stereocenters. The van der Waals surface area contributed by atoms with Gasteiger partial charge in [0, 0.05) is 0 Å². The maximum Gasteiger partial charge on any atom is 0.312 e. The van der Waals surface area contributed by atoms with Crippen molar-refractivity contribution in [3.05, 3.63) is 57.6 Å². The summed E-state index contributed by atoms with van der Waals surface area (Å²) in [5.74, 6) is 0.234. The van der Waals surface area contributed by atoms with Crippen LogP contribution in [0.25, 0.3) is 0 Å². The molecule has 37 heavy (non-hydrogen) atoms. The fourth-order valence-corrected chi connectivity index (χ4v) is 8.03. The van der Waals surface area contributed by atoms with E-state index in [0.717, 1.165) is 22.3 Å². The average molecular weight is 551 g/mol. The van der Waals surface area contributed by atoms with E-state index in [9.17, 15) is 16.8 Å². The highest BCUT2D eigenvalue weighted by Gasteiger charge is 2.33. The second-order valence-electron chi connectivity index (χ2n) is 11.9. The van der Waals surface area contributed by atoms with Crippen LogP contribution in [0, 0.1) is 0 Å². The topological polar surface area (TPSA) is 77.5 Å². The lowest BCUT2D eigenvalue weighted by atomic mass is 9.87. The molecule has 0 saturated carbocycles. The van der Waals surface area contributed by atoms with E-state index >= 15 is 0 Å². The minimum absolute atomic E-state index is 0.0638. The number of hydrogen-bond acceptors (Lipinski definition) is 5. The fourth-order valence-electron chi connectivity index (χ4n) is 4.79. The Balaban J connectivity index is 2.80. The van der Waals surface area contributed by atoms with E-state index in [4.69, 9.17) is 3.63 Å². The van der Waals surface area contributed by atoms with Gasteiger partial charge in [-0.05, 0) is 81.0 Å². The van der Waals surface area contributed by atoms with Crippen molar-refractivity contribution >= 4 is 20.2 Å². The second kappa shape index (κ2) is 11.6. The lowest BCUT2D eigenvalue weighted by molar-refractivity contribution is 0.459. The van der Waals surface area contributed by atoms with Crippen LogP contribution in [0.4, 0.5) is 0 Å². The lowest BCUT2D eigenvalue weighted by Gasteiger charge is -2.23. The molecule has 0 heterocycles. The van der Waals surface area contributed by atoms with E-state index in [1.165, 1.54) is 0 Å². The maximum absolute atomic E-state index is 13.7. The minimum atomic E-state index is -4.63. The fraction of sp³-hybridized carbons (Fsp3) is 0.600. The Morgan fingerprint density at radius 2 is 0.622 bits per heavy atom. The Bertz CT molecular complexity index is 1230.